The van der Waals surface area contributed by atoms with Gasteiger partial charge < -0.3 is 5.11 Å². The Morgan fingerprint density at radius 2 is 2.00 bits per heavy atom. The van der Waals surface area contributed by atoms with Gasteiger partial charge in [0.05, 0.1) is 0 Å². The zero-order chi connectivity index (χ0) is 7.56. The molecule has 0 spiro atoms. The molecular weight excluding hydrogens is 132 g/mol. The predicted octanol–water partition coefficient (Wildman–Crippen LogP) is 0.830. The number of carboxylic acids is 1. The fourth-order valence-electron chi connectivity index (χ4n) is 0.849. The molecule has 3 nitrogen and oxygen atoms in total. The molecule has 0 amide bonds. The van der Waals surface area contributed by atoms with E-state index in [2.05, 4.69) is 0 Å². The van der Waals surface area contributed by atoms with Gasteiger partial charge in [0.25, 0.3) is 0 Å². The van der Waals surface area contributed by atoms with Crippen molar-refractivity contribution in [2.24, 2.45) is 5.92 Å². The van der Waals surface area contributed by atoms with Crippen LogP contribution in [0.5, 0.6) is 0 Å². The molecule has 56 valence electrons. The molecule has 0 radical (unpaired) electrons. The molecular formula is C7H10O3. The molecule has 0 aromatic carbocycles. The topological polar surface area (TPSA) is 54.4 Å². The van der Waals surface area contributed by atoms with Gasteiger partial charge in [-0.2, -0.15) is 0 Å². The van der Waals surface area contributed by atoms with Crippen molar-refractivity contribution >= 4 is 11.8 Å². The van der Waals surface area contributed by atoms with E-state index in [1.165, 1.54) is 12.8 Å². The summed E-state index contributed by atoms with van der Waals surface area (Å²) in [4.78, 5) is 20.5. The van der Waals surface area contributed by atoms with Gasteiger partial charge in [-0.15, -0.1) is 0 Å². The van der Waals surface area contributed by atoms with Crippen LogP contribution in [0.25, 0.3) is 0 Å². The van der Waals surface area contributed by atoms with Crippen molar-refractivity contribution in [2.75, 3.05) is 0 Å². The van der Waals surface area contributed by atoms with Gasteiger partial charge in [0.2, 0.25) is 5.78 Å². The lowest BCUT2D eigenvalue weighted by atomic mass is 10.1. The maximum absolute atomic E-state index is 10.5. The Hall–Kier alpha value is -0.860. The number of carbonyl (C=O) groups excluding carboxylic acids is 1. The van der Waals surface area contributed by atoms with Crippen molar-refractivity contribution in [3.63, 3.8) is 0 Å². The van der Waals surface area contributed by atoms with Crippen LogP contribution in [0, 0.1) is 5.92 Å². The summed E-state index contributed by atoms with van der Waals surface area (Å²) in [6, 6.07) is 0. The van der Waals surface area contributed by atoms with Gasteiger partial charge in [0.15, 0.2) is 0 Å². The van der Waals surface area contributed by atoms with Crippen molar-refractivity contribution in [1.29, 1.82) is 0 Å². The monoisotopic (exact) mass is 142 g/mol. The molecule has 1 saturated carbocycles. The van der Waals surface area contributed by atoms with E-state index in [-0.39, 0.29) is 6.42 Å². The van der Waals surface area contributed by atoms with Crippen LogP contribution >= 0.6 is 0 Å². The van der Waals surface area contributed by atoms with Gasteiger partial charge in [-0.25, -0.2) is 4.79 Å². The molecule has 0 aromatic heterocycles. The van der Waals surface area contributed by atoms with Gasteiger partial charge in [-0.05, 0) is 12.3 Å². The second kappa shape index (κ2) is 2.82. The largest absolute Gasteiger partial charge is 0.476 e. The summed E-state index contributed by atoms with van der Waals surface area (Å²) in [5.74, 6) is -1.30. The number of ketones is 1. The molecule has 1 N–H and O–H groups in total. The van der Waals surface area contributed by atoms with E-state index >= 15 is 0 Å². The summed E-state index contributed by atoms with van der Waals surface area (Å²) in [5.41, 5.74) is 0. The lowest BCUT2D eigenvalue weighted by Gasteiger charge is -1.91. The number of carboxylic acid groups (broad SMARTS) is 1. The van der Waals surface area contributed by atoms with Crippen LogP contribution in [0.2, 0.25) is 0 Å². The molecule has 0 aromatic rings. The van der Waals surface area contributed by atoms with E-state index in [1.807, 2.05) is 0 Å². The summed E-state index contributed by atoms with van der Waals surface area (Å²) < 4.78 is 0. The van der Waals surface area contributed by atoms with E-state index < -0.39 is 11.8 Å². The van der Waals surface area contributed by atoms with Crippen LogP contribution in [0.3, 0.4) is 0 Å². The predicted molar refractivity (Wildman–Crippen MR) is 34.6 cm³/mol. The number of hydrogen-bond acceptors (Lipinski definition) is 2. The van der Waals surface area contributed by atoms with Gasteiger partial charge in [0.1, 0.15) is 0 Å². The molecule has 1 rings (SSSR count). The first kappa shape index (κ1) is 7.25. The highest BCUT2D eigenvalue weighted by atomic mass is 16.4. The minimum atomic E-state index is -1.29. The van der Waals surface area contributed by atoms with Crippen molar-refractivity contribution in [2.45, 2.75) is 25.7 Å². The summed E-state index contributed by atoms with van der Waals surface area (Å²) in [6.07, 6.45) is 3.34. The van der Waals surface area contributed by atoms with Gasteiger partial charge in [0, 0.05) is 6.42 Å². The van der Waals surface area contributed by atoms with Gasteiger partial charge >= 0.3 is 5.97 Å². The Morgan fingerprint density at radius 3 is 2.40 bits per heavy atom. The fourth-order valence-corrected chi connectivity index (χ4v) is 0.849. The average Bonchev–Trinajstić information content (AvgIpc) is 2.64. The molecule has 0 saturated heterocycles. The van der Waals surface area contributed by atoms with Crippen molar-refractivity contribution in [3.8, 4) is 0 Å². The molecule has 1 aliphatic rings. The maximum atomic E-state index is 10.5. The van der Waals surface area contributed by atoms with Crippen LogP contribution in [0.15, 0.2) is 0 Å². The Kier molecular flexibility index (Phi) is 2.04. The lowest BCUT2D eigenvalue weighted by Crippen LogP contribution is -2.11. The number of Topliss-reactive ketones (excluding diaryl/α,β-unsaturated/α-hetero) is 1. The maximum Gasteiger partial charge on any atom is 0.372 e. The van der Waals surface area contributed by atoms with Gasteiger partial charge in [-0.3, -0.25) is 4.79 Å². The standard InChI is InChI=1S/C7H10O3/c8-6(7(9)10)4-3-5-1-2-5/h5H,1-4H2,(H,9,10). The summed E-state index contributed by atoms with van der Waals surface area (Å²) >= 11 is 0. The van der Waals surface area contributed by atoms with E-state index in [0.29, 0.717) is 5.92 Å². The normalized spacial score (nSPS) is 16.8. The highest BCUT2D eigenvalue weighted by Crippen LogP contribution is 2.33. The quantitative estimate of drug-likeness (QED) is 0.591. The minimum Gasteiger partial charge on any atom is -0.476 e. The zero-order valence-corrected chi connectivity index (χ0v) is 5.67. The van der Waals surface area contributed by atoms with E-state index in [0.717, 1.165) is 6.42 Å². The molecule has 0 bridgehead atoms. The molecule has 3 heteroatoms. The molecule has 10 heavy (non-hydrogen) atoms. The average molecular weight is 142 g/mol. The Balaban J connectivity index is 2.11. The summed E-state index contributed by atoms with van der Waals surface area (Å²) in [5, 5.41) is 8.17. The highest BCUT2D eigenvalue weighted by Gasteiger charge is 2.23. The summed E-state index contributed by atoms with van der Waals surface area (Å²) in [6.45, 7) is 0. The first-order chi connectivity index (χ1) is 4.70. The third-order valence-electron chi connectivity index (χ3n) is 1.72. The molecule has 0 unspecified atom stereocenters. The second-order valence-electron chi connectivity index (χ2n) is 2.71. The molecule has 0 atom stereocenters. The third kappa shape index (κ3) is 2.17. The number of rotatable bonds is 4. The molecule has 0 aliphatic heterocycles. The lowest BCUT2D eigenvalue weighted by molar-refractivity contribution is -0.149. The van der Waals surface area contributed by atoms with Crippen molar-refractivity contribution in [3.05, 3.63) is 0 Å². The SMILES string of the molecule is O=C(O)C(=O)CCC1CC1. The zero-order valence-electron chi connectivity index (χ0n) is 5.67. The molecule has 0 heterocycles. The number of hydrogen-bond donors (Lipinski definition) is 1. The van der Waals surface area contributed by atoms with Crippen molar-refractivity contribution in [1.82, 2.24) is 0 Å². The Morgan fingerprint density at radius 1 is 1.40 bits per heavy atom. The Labute approximate surface area is 59.0 Å². The van der Waals surface area contributed by atoms with E-state index in [9.17, 15) is 9.59 Å². The number of aliphatic carboxylic acids is 1. The van der Waals surface area contributed by atoms with E-state index in [4.69, 9.17) is 5.11 Å². The van der Waals surface area contributed by atoms with Gasteiger partial charge in [-0.1, -0.05) is 12.8 Å². The van der Waals surface area contributed by atoms with Crippen LogP contribution in [-0.4, -0.2) is 16.9 Å². The fraction of sp³-hybridized carbons (Fsp3) is 0.714. The van der Waals surface area contributed by atoms with Crippen molar-refractivity contribution < 1.29 is 14.7 Å². The smallest absolute Gasteiger partial charge is 0.372 e. The Bertz CT molecular complexity index is 158. The third-order valence-corrected chi connectivity index (χ3v) is 1.72. The first-order valence-electron chi connectivity index (χ1n) is 3.46. The van der Waals surface area contributed by atoms with Crippen LogP contribution in [0.4, 0.5) is 0 Å². The number of carbonyl (C=O) groups is 2. The van der Waals surface area contributed by atoms with E-state index in [1.54, 1.807) is 0 Å². The minimum absolute atomic E-state index is 0.222. The van der Waals surface area contributed by atoms with Crippen LogP contribution < -0.4 is 0 Å². The summed E-state index contributed by atoms with van der Waals surface area (Å²) in [7, 11) is 0. The van der Waals surface area contributed by atoms with Crippen LogP contribution in [-0.2, 0) is 9.59 Å². The second-order valence-corrected chi connectivity index (χ2v) is 2.71. The molecule has 1 fully saturated rings. The highest BCUT2D eigenvalue weighted by molar-refractivity contribution is 6.32. The molecule has 1 aliphatic carbocycles. The first-order valence-corrected chi connectivity index (χ1v) is 3.46. The van der Waals surface area contributed by atoms with Crippen LogP contribution in [0.1, 0.15) is 25.7 Å².